The number of anilines is 1. The maximum absolute atomic E-state index is 12.7. The van der Waals surface area contributed by atoms with Gasteiger partial charge >= 0.3 is 6.03 Å². The number of urea groups is 1. The van der Waals surface area contributed by atoms with Crippen molar-refractivity contribution in [2.24, 2.45) is 16.7 Å². The summed E-state index contributed by atoms with van der Waals surface area (Å²) in [7, 11) is 0. The Morgan fingerprint density at radius 1 is 1.26 bits per heavy atom. The molecule has 0 saturated heterocycles. The van der Waals surface area contributed by atoms with E-state index in [0.717, 1.165) is 29.7 Å². The quantitative estimate of drug-likeness (QED) is 0.749. The second-order valence-electron chi connectivity index (χ2n) is 9.47. The van der Waals surface area contributed by atoms with Gasteiger partial charge in [0.1, 0.15) is 0 Å². The maximum Gasteiger partial charge on any atom is 0.315 e. The molecule has 27 heavy (non-hydrogen) atoms. The third-order valence-electron chi connectivity index (χ3n) is 7.97. The zero-order valence-corrected chi connectivity index (χ0v) is 16.8. The van der Waals surface area contributed by atoms with Gasteiger partial charge in [-0.15, -0.1) is 0 Å². The average Bonchev–Trinajstić information content (AvgIpc) is 2.94. The summed E-state index contributed by atoms with van der Waals surface area (Å²) >= 11 is 0. The number of carbonyl (C=O) groups excluding carboxylic acids is 2. The van der Waals surface area contributed by atoms with Crippen molar-refractivity contribution in [3.63, 3.8) is 0 Å². The van der Waals surface area contributed by atoms with E-state index in [4.69, 9.17) is 0 Å². The van der Waals surface area contributed by atoms with Crippen LogP contribution in [0.4, 0.5) is 10.5 Å². The monoisotopic (exact) mass is 369 g/mol. The van der Waals surface area contributed by atoms with Crippen molar-refractivity contribution in [2.75, 3.05) is 5.32 Å². The molecule has 5 nitrogen and oxygen atoms in total. The van der Waals surface area contributed by atoms with Crippen LogP contribution in [0.2, 0.25) is 0 Å². The first-order chi connectivity index (χ1) is 12.7. The fourth-order valence-corrected chi connectivity index (χ4v) is 5.57. The summed E-state index contributed by atoms with van der Waals surface area (Å²) in [5, 5.41) is 9.28. The molecule has 0 radical (unpaired) electrons. The Morgan fingerprint density at radius 2 is 2.04 bits per heavy atom. The lowest BCUT2D eigenvalue weighted by Crippen LogP contribution is -2.50. The van der Waals surface area contributed by atoms with Crippen LogP contribution < -0.4 is 16.0 Å². The summed E-state index contributed by atoms with van der Waals surface area (Å²) in [4.78, 5) is 24.2. The number of rotatable bonds is 3. The minimum Gasteiger partial charge on any atom is -0.335 e. The standard InChI is InChI=1S/C22H31N3O2/c1-13(14-5-7-17-15(11-14)6-8-19(26)24-17)23-20(27)25-18-12-16-9-10-22(18,4)21(16,2)3/h5,7,11,13,16,18H,6,8-10,12H2,1-4H3,(H,24,26)(H2,23,25,27)/t13-,16-,18-,22-/m1/s1. The smallest absolute Gasteiger partial charge is 0.315 e. The van der Waals surface area contributed by atoms with Crippen molar-refractivity contribution >= 4 is 17.6 Å². The van der Waals surface area contributed by atoms with Gasteiger partial charge in [0.2, 0.25) is 5.91 Å². The number of aryl methyl sites for hydroxylation is 1. The van der Waals surface area contributed by atoms with Crippen molar-refractivity contribution in [3.05, 3.63) is 29.3 Å². The van der Waals surface area contributed by atoms with Crippen molar-refractivity contribution in [3.8, 4) is 0 Å². The van der Waals surface area contributed by atoms with Crippen LogP contribution in [-0.2, 0) is 11.2 Å². The lowest BCUT2D eigenvalue weighted by atomic mass is 9.69. The summed E-state index contributed by atoms with van der Waals surface area (Å²) in [6, 6.07) is 6.11. The SMILES string of the molecule is C[C@@H](NC(=O)N[C@@H]1C[C@H]2CC[C@@]1(C)C2(C)C)c1ccc2c(c1)CCC(=O)N2. The predicted molar refractivity (Wildman–Crippen MR) is 106 cm³/mol. The van der Waals surface area contributed by atoms with Crippen molar-refractivity contribution in [1.82, 2.24) is 10.6 Å². The van der Waals surface area contributed by atoms with Gasteiger partial charge in [0.15, 0.2) is 0 Å². The second-order valence-corrected chi connectivity index (χ2v) is 9.47. The molecule has 1 aliphatic heterocycles. The van der Waals surface area contributed by atoms with Crippen molar-refractivity contribution in [1.29, 1.82) is 0 Å². The third kappa shape index (κ3) is 2.91. The summed E-state index contributed by atoms with van der Waals surface area (Å²) in [5.74, 6) is 0.782. The fraction of sp³-hybridized carbons (Fsp3) is 0.636. The molecule has 4 rings (SSSR count). The molecule has 3 amide bonds. The first-order valence-corrected chi connectivity index (χ1v) is 10.2. The molecule has 3 aliphatic rings. The lowest BCUT2D eigenvalue weighted by molar-refractivity contribution is -0.116. The predicted octanol–water partition coefficient (Wildman–Crippen LogP) is 4.15. The van der Waals surface area contributed by atoms with E-state index in [1.54, 1.807) is 0 Å². The molecular weight excluding hydrogens is 338 g/mol. The summed E-state index contributed by atoms with van der Waals surface area (Å²) in [6.07, 6.45) is 4.84. The molecule has 5 heteroatoms. The van der Waals surface area contributed by atoms with Crippen LogP contribution in [0, 0.1) is 16.7 Å². The number of amides is 3. The highest BCUT2D eigenvalue weighted by molar-refractivity contribution is 5.93. The van der Waals surface area contributed by atoms with E-state index in [-0.39, 0.29) is 29.4 Å². The Kier molecular flexibility index (Phi) is 4.24. The van der Waals surface area contributed by atoms with Gasteiger partial charge in [-0.05, 0) is 66.5 Å². The topological polar surface area (TPSA) is 70.2 Å². The molecule has 4 atom stereocenters. The van der Waals surface area contributed by atoms with E-state index in [0.29, 0.717) is 17.8 Å². The number of nitrogens with one attached hydrogen (secondary N) is 3. The fourth-order valence-electron chi connectivity index (χ4n) is 5.57. The summed E-state index contributed by atoms with van der Waals surface area (Å²) < 4.78 is 0. The molecule has 2 saturated carbocycles. The van der Waals surface area contributed by atoms with Crippen LogP contribution in [0.1, 0.15) is 70.5 Å². The largest absolute Gasteiger partial charge is 0.335 e. The van der Waals surface area contributed by atoms with Gasteiger partial charge in [-0.25, -0.2) is 4.79 Å². The Balaban J connectivity index is 1.40. The van der Waals surface area contributed by atoms with Crippen LogP contribution in [0.5, 0.6) is 0 Å². The molecule has 0 unspecified atom stereocenters. The first kappa shape index (κ1) is 18.3. The molecule has 0 aromatic heterocycles. The molecule has 2 aliphatic carbocycles. The van der Waals surface area contributed by atoms with E-state index in [2.05, 4.69) is 42.8 Å². The average molecular weight is 370 g/mol. The van der Waals surface area contributed by atoms with Crippen LogP contribution in [0.3, 0.4) is 0 Å². The molecule has 3 N–H and O–H groups in total. The van der Waals surface area contributed by atoms with Gasteiger partial charge in [-0.2, -0.15) is 0 Å². The number of carbonyl (C=O) groups is 2. The van der Waals surface area contributed by atoms with Crippen molar-refractivity contribution in [2.45, 2.75) is 71.9 Å². The highest BCUT2D eigenvalue weighted by atomic mass is 16.2. The number of hydrogen-bond acceptors (Lipinski definition) is 2. The first-order valence-electron chi connectivity index (χ1n) is 10.2. The second kappa shape index (κ2) is 6.25. The molecule has 1 aromatic carbocycles. The molecule has 1 aromatic rings. The van der Waals surface area contributed by atoms with Crippen molar-refractivity contribution < 1.29 is 9.59 Å². The summed E-state index contributed by atoms with van der Waals surface area (Å²) in [6.45, 7) is 9.07. The number of benzene rings is 1. The van der Waals surface area contributed by atoms with Gasteiger partial charge in [-0.1, -0.05) is 32.9 Å². The highest BCUT2D eigenvalue weighted by Crippen LogP contribution is 2.65. The van der Waals surface area contributed by atoms with Gasteiger partial charge in [0, 0.05) is 18.2 Å². The maximum atomic E-state index is 12.7. The normalized spacial score (nSPS) is 31.8. The van der Waals surface area contributed by atoms with E-state index in [1.807, 2.05) is 19.1 Å². The molecule has 2 bridgehead atoms. The zero-order valence-electron chi connectivity index (χ0n) is 16.8. The zero-order chi connectivity index (χ0) is 19.4. The highest BCUT2D eigenvalue weighted by Gasteiger charge is 2.61. The molecule has 2 fully saturated rings. The minimum absolute atomic E-state index is 0.0723. The van der Waals surface area contributed by atoms with Gasteiger partial charge in [0.05, 0.1) is 6.04 Å². The molecule has 1 heterocycles. The van der Waals surface area contributed by atoms with Crippen LogP contribution in [-0.4, -0.2) is 18.0 Å². The number of fused-ring (bicyclic) bond motifs is 3. The van der Waals surface area contributed by atoms with Crippen LogP contribution in [0.15, 0.2) is 18.2 Å². The molecular formula is C22H31N3O2. The molecule has 146 valence electrons. The van der Waals surface area contributed by atoms with Gasteiger partial charge in [0.25, 0.3) is 0 Å². The van der Waals surface area contributed by atoms with Gasteiger partial charge < -0.3 is 16.0 Å². The third-order valence-corrected chi connectivity index (χ3v) is 7.97. The number of hydrogen-bond donors (Lipinski definition) is 3. The van der Waals surface area contributed by atoms with E-state index < -0.39 is 0 Å². The minimum atomic E-state index is -0.0805. The van der Waals surface area contributed by atoms with Crippen LogP contribution in [0.25, 0.3) is 0 Å². The van der Waals surface area contributed by atoms with Crippen LogP contribution >= 0.6 is 0 Å². The Bertz CT molecular complexity index is 788. The van der Waals surface area contributed by atoms with Gasteiger partial charge in [-0.3, -0.25) is 4.79 Å². The Morgan fingerprint density at radius 3 is 2.70 bits per heavy atom. The summed E-state index contributed by atoms with van der Waals surface area (Å²) in [5.41, 5.74) is 3.58. The van der Waals surface area contributed by atoms with E-state index in [9.17, 15) is 9.59 Å². The van der Waals surface area contributed by atoms with E-state index in [1.165, 1.54) is 12.8 Å². The lowest BCUT2D eigenvalue weighted by Gasteiger charge is -2.39. The Hall–Kier alpha value is -2.04. The molecule has 0 spiro atoms. The Labute approximate surface area is 161 Å². The van der Waals surface area contributed by atoms with E-state index >= 15 is 0 Å².